The predicted molar refractivity (Wildman–Crippen MR) is 115 cm³/mol. The van der Waals surface area contributed by atoms with E-state index in [1.54, 1.807) is 0 Å². The lowest BCUT2D eigenvalue weighted by Gasteiger charge is -2.36. The average Bonchev–Trinajstić information content (AvgIpc) is 3.21. The number of hydrogen-bond donors (Lipinski definition) is 0. The maximum absolute atomic E-state index is 4.74. The highest BCUT2D eigenvalue weighted by Gasteiger charge is 2.25. The molecule has 4 aromatic rings. The summed E-state index contributed by atoms with van der Waals surface area (Å²) in [7, 11) is 1.93. The fraction of sp³-hybridized carbons (Fsp3) is 0.292. The molecule has 3 aromatic heterocycles. The largest absolute Gasteiger partial charge is 0.292 e. The van der Waals surface area contributed by atoms with Gasteiger partial charge in [0.15, 0.2) is 0 Å². The van der Waals surface area contributed by atoms with E-state index in [2.05, 4.69) is 63.6 Å². The molecule has 5 nitrogen and oxygen atoms in total. The van der Waals surface area contributed by atoms with Crippen LogP contribution >= 0.6 is 0 Å². The van der Waals surface area contributed by atoms with Gasteiger partial charge in [0, 0.05) is 49.2 Å². The Morgan fingerprint density at radius 2 is 1.93 bits per heavy atom. The van der Waals surface area contributed by atoms with Gasteiger partial charge in [0.25, 0.3) is 0 Å². The van der Waals surface area contributed by atoms with E-state index in [0.29, 0.717) is 6.04 Å². The summed E-state index contributed by atoms with van der Waals surface area (Å²) in [4.78, 5) is 11.9. The Morgan fingerprint density at radius 3 is 2.76 bits per heavy atom. The van der Waals surface area contributed by atoms with E-state index >= 15 is 0 Å². The lowest BCUT2D eigenvalue weighted by Crippen LogP contribution is -2.33. The SMILES string of the molecule is Cn1cc(-c2ccc([C@H]3CCCCN3Cc3ccnc4ccccc34)cn2)cn1. The molecule has 0 bridgehead atoms. The fourth-order valence-electron chi connectivity index (χ4n) is 4.40. The molecule has 146 valence electrons. The van der Waals surface area contributed by atoms with Crippen molar-refractivity contribution in [1.82, 2.24) is 24.6 Å². The molecule has 0 N–H and O–H groups in total. The van der Waals surface area contributed by atoms with E-state index in [1.165, 1.54) is 35.8 Å². The van der Waals surface area contributed by atoms with E-state index in [9.17, 15) is 0 Å². The molecule has 1 aliphatic heterocycles. The molecule has 0 spiro atoms. The van der Waals surface area contributed by atoms with Crippen molar-refractivity contribution in [2.24, 2.45) is 7.05 Å². The molecule has 0 aliphatic carbocycles. The third-order valence-electron chi connectivity index (χ3n) is 5.90. The van der Waals surface area contributed by atoms with Gasteiger partial charge in [-0.3, -0.25) is 19.5 Å². The molecule has 5 rings (SSSR count). The first-order chi connectivity index (χ1) is 14.3. The van der Waals surface area contributed by atoms with Gasteiger partial charge < -0.3 is 0 Å². The maximum atomic E-state index is 4.74. The van der Waals surface area contributed by atoms with Crippen LogP contribution in [0.25, 0.3) is 22.2 Å². The maximum Gasteiger partial charge on any atom is 0.0733 e. The smallest absolute Gasteiger partial charge is 0.0733 e. The number of rotatable bonds is 4. The normalized spacial score (nSPS) is 17.6. The van der Waals surface area contributed by atoms with Gasteiger partial charge in [-0.25, -0.2) is 0 Å². The molecule has 1 aromatic carbocycles. The quantitative estimate of drug-likeness (QED) is 0.510. The van der Waals surface area contributed by atoms with Gasteiger partial charge in [0.2, 0.25) is 0 Å². The Bertz CT molecular complexity index is 1110. The number of aryl methyl sites for hydroxylation is 1. The summed E-state index contributed by atoms with van der Waals surface area (Å²) in [5, 5.41) is 5.51. The summed E-state index contributed by atoms with van der Waals surface area (Å²) < 4.78 is 1.81. The zero-order valence-electron chi connectivity index (χ0n) is 16.7. The van der Waals surface area contributed by atoms with Crippen LogP contribution in [0.2, 0.25) is 0 Å². The average molecular weight is 383 g/mol. The molecule has 0 saturated carbocycles. The molecular weight excluding hydrogens is 358 g/mol. The second-order valence-corrected chi connectivity index (χ2v) is 7.85. The Labute approximate surface area is 171 Å². The fourth-order valence-corrected chi connectivity index (χ4v) is 4.40. The van der Waals surface area contributed by atoms with Crippen LogP contribution in [0.15, 0.2) is 67.3 Å². The number of aromatic nitrogens is 4. The number of piperidine rings is 1. The molecule has 1 aliphatic rings. The number of pyridine rings is 2. The Balaban J connectivity index is 1.41. The number of nitrogens with zero attached hydrogens (tertiary/aromatic N) is 5. The van der Waals surface area contributed by atoms with Crippen LogP contribution in [0.1, 0.15) is 36.4 Å². The molecule has 29 heavy (non-hydrogen) atoms. The van der Waals surface area contributed by atoms with Gasteiger partial charge in [-0.1, -0.05) is 30.7 Å². The van der Waals surface area contributed by atoms with Crippen molar-refractivity contribution in [3.8, 4) is 11.3 Å². The third-order valence-corrected chi connectivity index (χ3v) is 5.90. The van der Waals surface area contributed by atoms with Crippen molar-refractivity contribution in [1.29, 1.82) is 0 Å². The molecular formula is C24H25N5. The van der Waals surface area contributed by atoms with Crippen LogP contribution in [-0.4, -0.2) is 31.2 Å². The first kappa shape index (κ1) is 18.0. The van der Waals surface area contributed by atoms with Crippen molar-refractivity contribution in [2.45, 2.75) is 31.8 Å². The van der Waals surface area contributed by atoms with Crippen LogP contribution in [-0.2, 0) is 13.6 Å². The van der Waals surface area contributed by atoms with Crippen LogP contribution in [0, 0.1) is 0 Å². The van der Waals surface area contributed by atoms with Crippen molar-refractivity contribution in [3.05, 3.63) is 78.4 Å². The second kappa shape index (κ2) is 7.76. The second-order valence-electron chi connectivity index (χ2n) is 7.85. The van der Waals surface area contributed by atoms with Crippen molar-refractivity contribution >= 4 is 10.9 Å². The van der Waals surface area contributed by atoms with Crippen molar-refractivity contribution < 1.29 is 0 Å². The Kier molecular flexibility index (Phi) is 4.82. The Morgan fingerprint density at radius 1 is 1.00 bits per heavy atom. The van der Waals surface area contributed by atoms with Gasteiger partial charge >= 0.3 is 0 Å². The number of para-hydroxylation sites is 1. The minimum Gasteiger partial charge on any atom is -0.292 e. The summed E-state index contributed by atoms with van der Waals surface area (Å²) in [5.41, 5.74) is 5.76. The minimum absolute atomic E-state index is 0.408. The summed E-state index contributed by atoms with van der Waals surface area (Å²) in [5.74, 6) is 0. The number of benzene rings is 1. The first-order valence-electron chi connectivity index (χ1n) is 10.3. The van der Waals surface area contributed by atoms with Gasteiger partial charge in [0.05, 0.1) is 17.4 Å². The highest BCUT2D eigenvalue weighted by molar-refractivity contribution is 5.81. The van der Waals surface area contributed by atoms with Crippen LogP contribution < -0.4 is 0 Å². The van der Waals surface area contributed by atoms with Gasteiger partial charge in [-0.2, -0.15) is 5.10 Å². The highest BCUT2D eigenvalue weighted by atomic mass is 15.2. The highest BCUT2D eigenvalue weighted by Crippen LogP contribution is 2.33. The lowest BCUT2D eigenvalue weighted by molar-refractivity contribution is 0.141. The van der Waals surface area contributed by atoms with Crippen molar-refractivity contribution in [2.75, 3.05) is 6.54 Å². The van der Waals surface area contributed by atoms with E-state index in [-0.39, 0.29) is 0 Å². The third kappa shape index (κ3) is 3.66. The van der Waals surface area contributed by atoms with E-state index < -0.39 is 0 Å². The monoisotopic (exact) mass is 383 g/mol. The molecule has 1 atom stereocenters. The molecule has 1 fully saturated rings. The number of fused-ring (bicyclic) bond motifs is 1. The topological polar surface area (TPSA) is 46.8 Å². The van der Waals surface area contributed by atoms with Gasteiger partial charge in [-0.15, -0.1) is 0 Å². The molecule has 1 saturated heterocycles. The van der Waals surface area contributed by atoms with E-state index in [1.807, 2.05) is 30.3 Å². The number of likely N-dealkylation sites (tertiary alicyclic amines) is 1. The van der Waals surface area contributed by atoms with Crippen molar-refractivity contribution in [3.63, 3.8) is 0 Å². The van der Waals surface area contributed by atoms with E-state index in [4.69, 9.17) is 4.98 Å². The molecule has 0 unspecified atom stereocenters. The standard InChI is InChI=1S/C24H25N5/c1-28-16-20(15-27-28)22-10-9-18(14-26-22)24-8-4-5-13-29(24)17-19-11-12-25-23-7-3-2-6-21(19)23/h2-3,6-7,9-12,14-16,24H,4-5,8,13,17H2,1H3/t24-/m1/s1. The molecule has 4 heterocycles. The van der Waals surface area contributed by atoms with E-state index in [0.717, 1.165) is 29.9 Å². The minimum atomic E-state index is 0.408. The zero-order valence-corrected chi connectivity index (χ0v) is 16.7. The van der Waals surface area contributed by atoms with Crippen LogP contribution in [0.5, 0.6) is 0 Å². The lowest BCUT2D eigenvalue weighted by atomic mass is 9.95. The predicted octanol–water partition coefficient (Wildman–Crippen LogP) is 4.76. The summed E-state index contributed by atoms with van der Waals surface area (Å²) >= 11 is 0. The van der Waals surface area contributed by atoms with Crippen LogP contribution in [0.3, 0.4) is 0 Å². The summed E-state index contributed by atoms with van der Waals surface area (Å²) in [6.07, 6.45) is 11.5. The summed E-state index contributed by atoms with van der Waals surface area (Å²) in [6, 6.07) is 15.4. The Hall–Kier alpha value is -3.05. The molecule has 5 heteroatoms. The zero-order chi connectivity index (χ0) is 19.6. The molecule has 0 amide bonds. The van der Waals surface area contributed by atoms with Gasteiger partial charge in [0.1, 0.15) is 0 Å². The number of hydrogen-bond acceptors (Lipinski definition) is 4. The van der Waals surface area contributed by atoms with Crippen LogP contribution in [0.4, 0.5) is 0 Å². The van der Waals surface area contributed by atoms with Gasteiger partial charge in [-0.05, 0) is 48.7 Å². The molecule has 0 radical (unpaired) electrons. The summed E-state index contributed by atoms with van der Waals surface area (Å²) in [6.45, 7) is 2.06. The first-order valence-corrected chi connectivity index (χ1v) is 10.3.